The van der Waals surface area contributed by atoms with Crippen molar-refractivity contribution in [3.8, 4) is 0 Å². The lowest BCUT2D eigenvalue weighted by molar-refractivity contribution is 0.520. The number of halogens is 3. The Labute approximate surface area is 200 Å². The summed E-state index contributed by atoms with van der Waals surface area (Å²) in [7, 11) is -0.476. The van der Waals surface area contributed by atoms with E-state index in [4.69, 9.17) is 5.73 Å². The lowest BCUT2D eigenvalue weighted by Gasteiger charge is -2.12. The lowest BCUT2D eigenvalue weighted by Crippen LogP contribution is -2.22. The van der Waals surface area contributed by atoms with Gasteiger partial charge in [0.15, 0.2) is 0 Å². The van der Waals surface area contributed by atoms with Crippen LogP contribution in [-0.2, 0) is 23.0 Å². The maximum absolute atomic E-state index is 14.2. The number of aryl methyl sites for hydroxylation is 1. The van der Waals surface area contributed by atoms with Crippen molar-refractivity contribution in [2.45, 2.75) is 31.7 Å². The Balaban J connectivity index is 0.00000256. The van der Waals surface area contributed by atoms with Crippen molar-refractivity contribution < 1.29 is 12.8 Å². The van der Waals surface area contributed by atoms with Crippen LogP contribution in [0.5, 0.6) is 0 Å². The van der Waals surface area contributed by atoms with Gasteiger partial charge in [-0.3, -0.25) is 0 Å². The highest BCUT2D eigenvalue weighted by Gasteiger charge is 2.19. The highest BCUT2D eigenvalue weighted by Crippen LogP contribution is 2.28. The highest BCUT2D eigenvalue weighted by atomic mass is 35.5. The Morgan fingerprint density at radius 3 is 2.38 bits per heavy atom. The fourth-order valence-electron chi connectivity index (χ4n) is 3.35. The van der Waals surface area contributed by atoms with Gasteiger partial charge in [-0.05, 0) is 37.6 Å². The monoisotopic (exact) mass is 503 g/mol. The van der Waals surface area contributed by atoms with Crippen LogP contribution in [0.25, 0.3) is 11.0 Å². The second-order valence-electron chi connectivity index (χ2n) is 7.30. The molecule has 3 aromatic rings. The summed E-state index contributed by atoms with van der Waals surface area (Å²) in [6, 6.07) is 6.79. The molecule has 0 aliphatic heterocycles. The van der Waals surface area contributed by atoms with Crippen LogP contribution < -0.4 is 5.73 Å². The first kappa shape index (κ1) is 28.0. The maximum atomic E-state index is 14.2. The number of nitrogens with two attached hydrogens (primary N) is 1. The van der Waals surface area contributed by atoms with Gasteiger partial charge in [0.1, 0.15) is 11.7 Å². The summed E-state index contributed by atoms with van der Waals surface area (Å²) in [6.07, 6.45) is 3.59. The summed E-state index contributed by atoms with van der Waals surface area (Å²) in [5, 5.41) is 0. The van der Waals surface area contributed by atoms with Crippen LogP contribution in [0, 0.1) is 13.8 Å². The summed E-state index contributed by atoms with van der Waals surface area (Å²) in [6.45, 7) is 3.93. The van der Waals surface area contributed by atoms with E-state index in [1.54, 1.807) is 30.5 Å². The van der Waals surface area contributed by atoms with Gasteiger partial charge in [0, 0.05) is 38.3 Å². The minimum atomic E-state index is -3.48. The molecule has 0 bridgehead atoms. The van der Waals surface area contributed by atoms with Gasteiger partial charge in [-0.2, -0.15) is 0 Å². The minimum absolute atomic E-state index is 0. The smallest absolute Gasteiger partial charge is 0.242 e. The summed E-state index contributed by atoms with van der Waals surface area (Å²) >= 11 is 0. The molecule has 176 valence electrons. The zero-order valence-electron chi connectivity index (χ0n) is 18.4. The molecule has 32 heavy (non-hydrogen) atoms. The standard InChI is InChI=1S/C21H26FN5O2S.2ClH/c1-14-19(11-16-5-7-18(8-6-16)30(28,29)26(3)4)21-20(12-24-15(2)25-21)27(14)13-17(22)9-10-23;;/h5-9,12H,10-11,13,23H2,1-4H3;2*1H/b17-9-;;. The first-order valence-corrected chi connectivity index (χ1v) is 11.0. The molecule has 7 nitrogen and oxygen atoms in total. The zero-order valence-corrected chi connectivity index (χ0v) is 20.8. The number of sulfonamides is 1. The summed E-state index contributed by atoms with van der Waals surface area (Å²) in [5.74, 6) is 0.314. The van der Waals surface area contributed by atoms with E-state index in [9.17, 15) is 12.8 Å². The van der Waals surface area contributed by atoms with Crippen LogP contribution in [-0.4, -0.2) is 47.9 Å². The average Bonchev–Trinajstić information content (AvgIpc) is 2.93. The summed E-state index contributed by atoms with van der Waals surface area (Å²) in [5.41, 5.74) is 9.72. The minimum Gasteiger partial charge on any atom is -0.335 e. The van der Waals surface area contributed by atoms with Crippen LogP contribution in [0.3, 0.4) is 0 Å². The van der Waals surface area contributed by atoms with Gasteiger partial charge >= 0.3 is 0 Å². The predicted molar refractivity (Wildman–Crippen MR) is 130 cm³/mol. The van der Waals surface area contributed by atoms with Gasteiger partial charge in [0.05, 0.1) is 28.7 Å². The zero-order chi connectivity index (χ0) is 22.1. The van der Waals surface area contributed by atoms with Gasteiger partial charge in [-0.25, -0.2) is 27.1 Å². The number of fused-ring (bicyclic) bond motifs is 1. The van der Waals surface area contributed by atoms with Crippen molar-refractivity contribution in [1.29, 1.82) is 0 Å². The van der Waals surface area contributed by atoms with Crippen LogP contribution in [0.2, 0.25) is 0 Å². The third kappa shape index (κ3) is 5.65. The molecule has 11 heteroatoms. The second-order valence-corrected chi connectivity index (χ2v) is 9.45. The van der Waals surface area contributed by atoms with Crippen molar-refractivity contribution in [2.24, 2.45) is 5.73 Å². The van der Waals surface area contributed by atoms with Crippen molar-refractivity contribution in [2.75, 3.05) is 20.6 Å². The van der Waals surface area contributed by atoms with Crippen molar-refractivity contribution in [1.82, 2.24) is 18.8 Å². The number of rotatable bonds is 7. The number of hydrogen-bond donors (Lipinski definition) is 1. The third-order valence-electron chi connectivity index (χ3n) is 5.04. The molecule has 0 aliphatic carbocycles. The molecule has 0 radical (unpaired) electrons. The van der Waals surface area contributed by atoms with Gasteiger partial charge < -0.3 is 10.3 Å². The van der Waals surface area contributed by atoms with E-state index in [1.807, 2.05) is 18.4 Å². The average molecular weight is 504 g/mol. The molecule has 2 aromatic heterocycles. The Morgan fingerprint density at radius 2 is 1.81 bits per heavy atom. The van der Waals surface area contributed by atoms with E-state index >= 15 is 0 Å². The van der Waals surface area contributed by atoms with E-state index in [2.05, 4.69) is 9.97 Å². The fourth-order valence-corrected chi connectivity index (χ4v) is 4.25. The number of benzene rings is 1. The van der Waals surface area contributed by atoms with E-state index < -0.39 is 10.0 Å². The maximum Gasteiger partial charge on any atom is 0.242 e. The van der Waals surface area contributed by atoms with E-state index in [0.717, 1.165) is 27.9 Å². The van der Waals surface area contributed by atoms with Crippen LogP contribution in [0.1, 0.15) is 22.6 Å². The highest BCUT2D eigenvalue weighted by molar-refractivity contribution is 7.89. The molecule has 0 amide bonds. The predicted octanol–water partition coefficient (Wildman–Crippen LogP) is 3.54. The second kappa shape index (κ2) is 11.2. The molecule has 0 unspecified atom stereocenters. The van der Waals surface area contributed by atoms with Crippen molar-refractivity contribution in [3.05, 3.63) is 65.0 Å². The normalized spacial score (nSPS) is 12.0. The molecule has 0 saturated heterocycles. The van der Waals surface area contributed by atoms with Gasteiger partial charge in [0.25, 0.3) is 0 Å². The molecule has 0 saturated carbocycles. The van der Waals surface area contributed by atoms with E-state index in [-0.39, 0.29) is 48.6 Å². The van der Waals surface area contributed by atoms with Crippen molar-refractivity contribution >= 4 is 45.9 Å². The molecule has 0 spiro atoms. The molecule has 0 fully saturated rings. The SMILES string of the molecule is Cc1ncc2c(n1)c(Cc1ccc(S(=O)(=O)N(C)C)cc1)c(C)n2C/C(F)=C/CN.Cl.Cl. The number of allylic oxidation sites excluding steroid dienone is 1. The Hall–Kier alpha value is -2.04. The molecule has 1 aromatic carbocycles. The Morgan fingerprint density at radius 1 is 1.19 bits per heavy atom. The largest absolute Gasteiger partial charge is 0.335 e. The first-order valence-electron chi connectivity index (χ1n) is 9.52. The number of nitrogens with zero attached hydrogens (tertiary/aromatic N) is 4. The quantitative estimate of drug-likeness (QED) is 0.531. The Bertz CT molecular complexity index is 1210. The van der Waals surface area contributed by atoms with E-state index in [0.29, 0.717) is 12.2 Å². The molecular formula is C21H28Cl2FN5O2S. The van der Waals surface area contributed by atoms with E-state index in [1.165, 1.54) is 24.5 Å². The number of aromatic nitrogens is 3. The fraction of sp³-hybridized carbons (Fsp3) is 0.333. The Kier molecular flexibility index (Phi) is 9.80. The first-order chi connectivity index (χ1) is 14.1. The van der Waals surface area contributed by atoms with Gasteiger partial charge in [0.2, 0.25) is 10.0 Å². The molecule has 2 N–H and O–H groups in total. The topological polar surface area (TPSA) is 94.1 Å². The summed E-state index contributed by atoms with van der Waals surface area (Å²) in [4.78, 5) is 9.09. The van der Waals surface area contributed by atoms with Crippen molar-refractivity contribution in [3.63, 3.8) is 0 Å². The molecule has 0 aliphatic rings. The van der Waals surface area contributed by atoms with Gasteiger partial charge in [-0.1, -0.05) is 12.1 Å². The molecule has 2 heterocycles. The van der Waals surface area contributed by atoms with Crippen LogP contribution >= 0.6 is 24.8 Å². The lowest BCUT2D eigenvalue weighted by atomic mass is 10.0. The number of hydrogen-bond acceptors (Lipinski definition) is 5. The van der Waals surface area contributed by atoms with Gasteiger partial charge in [-0.15, -0.1) is 24.8 Å². The summed E-state index contributed by atoms with van der Waals surface area (Å²) < 4.78 is 41.8. The molecule has 0 atom stereocenters. The third-order valence-corrected chi connectivity index (χ3v) is 6.87. The van der Waals surface area contributed by atoms with Crippen LogP contribution in [0.15, 0.2) is 47.3 Å². The van der Waals surface area contributed by atoms with Crippen LogP contribution in [0.4, 0.5) is 4.39 Å². The molecule has 3 rings (SSSR count). The molecular weight excluding hydrogens is 476 g/mol.